The third kappa shape index (κ3) is 18.6. The fourth-order valence-corrected chi connectivity index (χ4v) is 18.2. The highest BCUT2D eigenvalue weighted by Crippen LogP contribution is 2.39. The van der Waals surface area contributed by atoms with Gasteiger partial charge in [-0.2, -0.15) is 0 Å². The van der Waals surface area contributed by atoms with Crippen molar-refractivity contribution in [2.75, 3.05) is 68.0 Å². The van der Waals surface area contributed by atoms with Crippen LogP contribution in [0.3, 0.4) is 0 Å². The highest BCUT2D eigenvalue weighted by atomic mass is 35.5. The summed E-state index contributed by atoms with van der Waals surface area (Å²) in [6, 6.07) is 64.8. The van der Waals surface area contributed by atoms with Crippen LogP contribution in [0.5, 0.6) is 0 Å². The number of aromatic nitrogens is 7. The fraction of sp³-hybridized carbons (Fsp3) is 0.257. The van der Waals surface area contributed by atoms with E-state index in [1.165, 1.54) is 157 Å². The molecule has 0 amide bonds. The summed E-state index contributed by atoms with van der Waals surface area (Å²) in [4.78, 5) is 20.6. The molecule has 0 fully saturated rings. The number of halogens is 4. The molecule has 7 aromatic heterocycles. The highest BCUT2D eigenvalue weighted by Gasteiger charge is 2.28. The van der Waals surface area contributed by atoms with E-state index in [9.17, 15) is 8.78 Å². The molecule has 8 aromatic carbocycles. The maximum Gasteiger partial charge on any atom is 0.123 e. The first-order valence-electron chi connectivity index (χ1n) is 42.3. The van der Waals surface area contributed by atoms with Gasteiger partial charge in [0.25, 0.3) is 0 Å². The van der Waals surface area contributed by atoms with E-state index in [2.05, 4.69) is 304 Å². The molecule has 0 saturated carbocycles. The number of nitrogens with zero attached hydrogens (tertiary/aromatic N) is 12. The number of hydrogen-bond donors (Lipinski definition) is 0. The van der Waals surface area contributed by atoms with Gasteiger partial charge in [0.05, 0.1) is 27.6 Å². The normalized spacial score (nSPS) is 15.4. The maximum atomic E-state index is 13.2. The lowest BCUT2D eigenvalue weighted by atomic mass is 10.0. The van der Waals surface area contributed by atoms with E-state index in [1.807, 2.05) is 68.7 Å². The van der Waals surface area contributed by atoms with E-state index in [1.54, 1.807) is 0 Å². The Kier molecular flexibility index (Phi) is 25.2. The van der Waals surface area contributed by atoms with Gasteiger partial charge in [0.1, 0.15) is 11.6 Å². The van der Waals surface area contributed by atoms with Gasteiger partial charge in [-0.15, -0.1) is 0 Å². The Balaban J connectivity index is 0.000000112. The monoisotopic (exact) mass is 1640 g/mol. The third-order valence-electron chi connectivity index (χ3n) is 24.5. The number of likely N-dealkylation sites (N-methyl/N-ethyl adjacent to an activating group) is 5. The first-order valence-corrected chi connectivity index (χ1v) is 43.0. The predicted molar refractivity (Wildman–Crippen MR) is 507 cm³/mol. The Morgan fingerprint density at radius 3 is 0.926 bits per heavy atom. The van der Waals surface area contributed by atoms with Gasteiger partial charge in [-0.1, -0.05) is 125 Å². The molecule has 20 rings (SSSR count). The number of benzene rings is 8. The molecule has 5 aliphatic heterocycles. The lowest BCUT2D eigenvalue weighted by Gasteiger charge is -2.24. The average Bonchev–Trinajstić information content (AvgIpc) is 1.66. The van der Waals surface area contributed by atoms with Gasteiger partial charge in [0.2, 0.25) is 0 Å². The lowest BCUT2D eigenvalue weighted by Crippen LogP contribution is -2.27. The molecule has 121 heavy (non-hydrogen) atoms. The summed E-state index contributed by atoms with van der Waals surface area (Å²) in [7, 11) is 10.9. The van der Waals surface area contributed by atoms with Crippen LogP contribution in [0.4, 0.5) is 8.78 Å². The topological polar surface area (TPSA) is 66.6 Å². The molecular weight excluding hydrogens is 1540 g/mol. The number of hydrogen-bond acceptors (Lipinski definition) is 7. The summed E-state index contributed by atoms with van der Waals surface area (Å²) >= 11 is 12.5. The fourth-order valence-electron chi connectivity index (χ4n) is 17.9. The van der Waals surface area contributed by atoms with Crippen LogP contribution in [0, 0.1) is 46.3 Å². The van der Waals surface area contributed by atoms with Gasteiger partial charge < -0.3 is 47.3 Å². The van der Waals surface area contributed by atoms with E-state index < -0.39 is 0 Å². The summed E-state index contributed by atoms with van der Waals surface area (Å²) in [6.45, 7) is 25.0. The predicted octanol–water partition coefficient (Wildman–Crippen LogP) is 24.0. The molecule has 0 N–H and O–H groups in total. The second kappa shape index (κ2) is 36.6. The second-order valence-corrected chi connectivity index (χ2v) is 34.6. The zero-order valence-electron chi connectivity index (χ0n) is 71.7. The van der Waals surface area contributed by atoms with Crippen molar-refractivity contribution in [2.24, 2.45) is 0 Å². The van der Waals surface area contributed by atoms with Crippen molar-refractivity contribution in [3.05, 3.63) is 340 Å². The molecule has 0 saturated heterocycles. The van der Waals surface area contributed by atoms with Gasteiger partial charge in [-0.25, -0.2) is 8.78 Å². The molecule has 5 aliphatic rings. The van der Waals surface area contributed by atoms with E-state index in [4.69, 9.17) is 23.2 Å². The van der Waals surface area contributed by atoms with Crippen LogP contribution in [0.15, 0.2) is 207 Å². The summed E-state index contributed by atoms with van der Waals surface area (Å²) in [5, 5.41) is 8.27. The molecule has 16 heteroatoms. The van der Waals surface area contributed by atoms with Crippen molar-refractivity contribution in [3.63, 3.8) is 0 Å². The Morgan fingerprint density at radius 2 is 0.612 bits per heavy atom. The van der Waals surface area contributed by atoms with Crippen molar-refractivity contribution < 1.29 is 8.78 Å². The van der Waals surface area contributed by atoms with Crippen LogP contribution in [0.2, 0.25) is 10.0 Å². The lowest BCUT2D eigenvalue weighted by molar-refractivity contribution is 0.308. The van der Waals surface area contributed by atoms with Crippen LogP contribution in [0.25, 0.3) is 115 Å². The van der Waals surface area contributed by atoms with Crippen LogP contribution in [0.1, 0.15) is 126 Å². The zero-order valence-corrected chi connectivity index (χ0v) is 73.2. The Bertz CT molecular complexity index is 6150. The van der Waals surface area contributed by atoms with Gasteiger partial charge in [-0.05, 0) is 310 Å². The van der Waals surface area contributed by atoms with Crippen LogP contribution in [-0.4, -0.2) is 125 Å². The van der Waals surface area contributed by atoms with Crippen molar-refractivity contribution in [1.29, 1.82) is 0 Å². The second-order valence-electron chi connectivity index (χ2n) is 33.8. The summed E-state index contributed by atoms with van der Waals surface area (Å²) < 4.78 is 38.1. The maximum absolute atomic E-state index is 13.2. The highest BCUT2D eigenvalue weighted by molar-refractivity contribution is 6.31. The average molecular weight is 1650 g/mol. The van der Waals surface area contributed by atoms with Crippen LogP contribution < -0.4 is 0 Å². The van der Waals surface area contributed by atoms with Gasteiger partial charge in [0, 0.05) is 186 Å². The smallest absolute Gasteiger partial charge is 0.123 e. The molecule has 0 bridgehead atoms. The Morgan fingerprint density at radius 1 is 0.322 bits per heavy atom. The minimum absolute atomic E-state index is 0.197. The van der Waals surface area contributed by atoms with Crippen molar-refractivity contribution in [3.8, 4) is 0 Å². The molecule has 0 radical (unpaired) electrons. The van der Waals surface area contributed by atoms with Crippen molar-refractivity contribution in [2.45, 2.75) is 113 Å². The van der Waals surface area contributed by atoms with Crippen molar-refractivity contribution in [1.82, 2.24) is 57.3 Å². The quantitative estimate of drug-likeness (QED) is 0.135. The molecule has 0 atom stereocenters. The standard InChI is InChI=1S/C22H23FN2.C21H20ClFN2.C21H23N3.C21H22N2.C20H20ClN3/c1-15-4-9-21-20(12-15)19-10-11-24(3)14-22(19)25(21)13-16(2)17-5-7-18(23)8-6-17;1-14(15-3-6-17(23)7-4-15)12-25-20-8-5-16(22)11-19(20)18-9-10-24(2)13-21(18)25;1-15-4-7-20-19(12-15)18-9-10-23(3)14-21(18)24(20)11-8-17-6-5-16(2)22-13-17;1-16-8-9-20-19(14-16)18-11-12-22(2)15-21(18)23(20)13-10-17-6-4-3-5-7-17;1-14-3-4-15(12-22-14)7-10-24-19-6-5-16(21)11-18(19)17-8-9-23(2)13-20(17)24/h4-9,12-13H,10-11,14H2,1-3H3;3-8,11-12H,9-10,13H2,1-2H3;4-8,11-13H,9-10,14H2,1-3H3;3-10,13-14H,11-12,15H2,1-2H3;3-7,10-12H,8-9,13H2,1-2H3/b16-13+;14-12+;11-8+;13-10+;10-7+. The minimum Gasteiger partial charge on any atom is -0.319 e. The SMILES string of the molecule is C/C(=C\n1c2c(c3cc(C)ccc31)CCN(C)C2)c1ccc(F)cc1.C/C(=C\n1c2c(c3cc(Cl)ccc31)CCN(C)C2)c1ccc(F)cc1.Cc1ccc(/C=C/n2c3c(c4cc(Cl)ccc42)CCN(C)C3)cn1.Cc1ccc2c(c1)c1c(n2/C=C/c2ccc(C)nc2)CN(C)CC1.Cc1ccc2c(c1)c1c(n2/C=C/c2ccccc2)CN(C)CC1. The van der Waals surface area contributed by atoms with Gasteiger partial charge in [-0.3, -0.25) is 9.97 Å². The third-order valence-corrected chi connectivity index (χ3v) is 24.9. The minimum atomic E-state index is -0.211. The number of rotatable bonds is 10. The number of pyridine rings is 2. The van der Waals surface area contributed by atoms with Crippen LogP contribution in [-0.2, 0) is 64.8 Å². The van der Waals surface area contributed by atoms with Crippen LogP contribution >= 0.6 is 23.2 Å². The Labute approximate surface area is 721 Å². The molecular formula is C105H108Cl2F2N12. The van der Waals surface area contributed by atoms with E-state index >= 15 is 0 Å². The molecule has 0 unspecified atom stereocenters. The Hall–Kier alpha value is -11.3. The molecule has 0 spiro atoms. The number of aryl methyl sites for hydroxylation is 5. The molecule has 616 valence electrons. The molecule has 12 heterocycles. The first kappa shape index (κ1) is 83.4. The summed E-state index contributed by atoms with van der Waals surface area (Å²) in [5.74, 6) is -0.408. The van der Waals surface area contributed by atoms with E-state index in [0.717, 1.165) is 152 Å². The van der Waals surface area contributed by atoms with E-state index in [-0.39, 0.29) is 11.6 Å². The van der Waals surface area contributed by atoms with E-state index in [0.29, 0.717) is 0 Å². The molecule has 0 aliphatic carbocycles. The van der Waals surface area contributed by atoms with Gasteiger partial charge >= 0.3 is 0 Å². The van der Waals surface area contributed by atoms with Gasteiger partial charge in [0.15, 0.2) is 0 Å². The molecule has 15 aromatic rings. The first-order chi connectivity index (χ1) is 58.5. The zero-order chi connectivity index (χ0) is 84.3. The number of fused-ring (bicyclic) bond motifs is 15. The number of allylic oxidation sites excluding steroid dienone is 2. The van der Waals surface area contributed by atoms with Crippen molar-refractivity contribution >= 4 is 138 Å². The summed E-state index contributed by atoms with van der Waals surface area (Å²) in [6.07, 6.45) is 26.7. The largest absolute Gasteiger partial charge is 0.319 e. The molecule has 12 nitrogen and oxygen atoms in total. The summed E-state index contributed by atoms with van der Waals surface area (Å²) in [5.41, 5.74) is 34.3.